The Bertz CT molecular complexity index is 580. The van der Waals surface area contributed by atoms with E-state index in [0.29, 0.717) is 13.2 Å². The first-order valence-electron chi connectivity index (χ1n) is 6.86. The fourth-order valence-electron chi connectivity index (χ4n) is 1.98. The molecule has 120 valence electrons. The minimum absolute atomic E-state index is 0.0547. The summed E-state index contributed by atoms with van der Waals surface area (Å²) in [6, 6.07) is 1.19. The molecule has 8 heteroatoms. The number of hydrogen-bond donors (Lipinski definition) is 2. The summed E-state index contributed by atoms with van der Waals surface area (Å²) >= 11 is 0. The summed E-state index contributed by atoms with van der Waals surface area (Å²) in [7, 11) is -2.26. The van der Waals surface area contributed by atoms with E-state index in [-0.39, 0.29) is 22.5 Å². The van der Waals surface area contributed by atoms with Crippen molar-refractivity contribution in [1.82, 2.24) is 9.88 Å². The molecule has 0 saturated heterocycles. The summed E-state index contributed by atoms with van der Waals surface area (Å²) in [4.78, 5) is 12.2. The zero-order chi connectivity index (χ0) is 16.0. The summed E-state index contributed by atoms with van der Waals surface area (Å²) in [5, 5.41) is 7.94. The maximum atomic E-state index is 12.3. The van der Waals surface area contributed by atoms with Gasteiger partial charge in [0.05, 0.1) is 12.6 Å². The highest BCUT2D eigenvalue weighted by atomic mass is 32.2. The van der Waals surface area contributed by atoms with Crippen LogP contribution in [0.5, 0.6) is 0 Å². The Balaban J connectivity index is 3.04. The molecule has 0 aliphatic heterocycles. The summed E-state index contributed by atoms with van der Waals surface area (Å²) < 4.78 is 29.5. The fourth-order valence-corrected chi connectivity index (χ4v) is 2.53. The molecule has 1 heterocycles. The monoisotopic (exact) mass is 317 g/mol. The van der Waals surface area contributed by atoms with Gasteiger partial charge < -0.3 is 14.6 Å². The molecular weight excluding hydrogens is 294 g/mol. The number of methoxy groups -OCH3 is 1. The van der Waals surface area contributed by atoms with Crippen molar-refractivity contribution < 1.29 is 17.9 Å². The second-order valence-electron chi connectivity index (χ2n) is 4.83. The van der Waals surface area contributed by atoms with Crippen LogP contribution in [0.25, 0.3) is 0 Å². The summed E-state index contributed by atoms with van der Waals surface area (Å²) in [5.74, 6) is -0.331. The van der Waals surface area contributed by atoms with Crippen LogP contribution in [0.3, 0.4) is 0 Å². The van der Waals surface area contributed by atoms with Crippen molar-refractivity contribution in [3.8, 4) is 0 Å². The van der Waals surface area contributed by atoms with Crippen molar-refractivity contribution >= 4 is 15.9 Å². The highest BCUT2D eigenvalue weighted by Crippen LogP contribution is 2.14. The van der Waals surface area contributed by atoms with Gasteiger partial charge in [-0.15, -0.1) is 0 Å². The quantitative estimate of drug-likeness (QED) is 0.736. The number of nitrogens with zero attached hydrogens (tertiary/aromatic N) is 1. The second kappa shape index (κ2) is 7.58. The predicted octanol–water partition coefficient (Wildman–Crippen LogP) is 0.700. The Morgan fingerprint density at radius 1 is 1.48 bits per heavy atom. The lowest BCUT2D eigenvalue weighted by atomic mass is 10.2. The SMILES string of the molecule is CCCn1cc(S(N)(=O)=O)cc1C(=O)NC(CC)COC. The van der Waals surface area contributed by atoms with Gasteiger partial charge in [-0.1, -0.05) is 13.8 Å². The van der Waals surface area contributed by atoms with E-state index in [1.54, 1.807) is 11.7 Å². The van der Waals surface area contributed by atoms with Crippen molar-refractivity contribution in [3.05, 3.63) is 18.0 Å². The van der Waals surface area contributed by atoms with Crippen LogP contribution in [0.2, 0.25) is 0 Å². The molecule has 1 atom stereocenters. The average Bonchev–Trinajstić information content (AvgIpc) is 2.82. The van der Waals surface area contributed by atoms with Crippen LogP contribution < -0.4 is 10.5 Å². The molecule has 0 bridgehead atoms. The Morgan fingerprint density at radius 3 is 2.62 bits per heavy atom. The molecule has 3 N–H and O–H groups in total. The minimum Gasteiger partial charge on any atom is -0.383 e. The molecule has 0 radical (unpaired) electrons. The zero-order valence-corrected chi connectivity index (χ0v) is 13.4. The summed E-state index contributed by atoms with van der Waals surface area (Å²) in [6.45, 7) is 4.82. The largest absolute Gasteiger partial charge is 0.383 e. The molecule has 1 rings (SSSR count). The number of aromatic nitrogens is 1. The Kier molecular flexibility index (Phi) is 6.38. The second-order valence-corrected chi connectivity index (χ2v) is 6.39. The molecule has 1 aromatic rings. The molecule has 0 saturated carbocycles. The molecule has 21 heavy (non-hydrogen) atoms. The summed E-state index contributed by atoms with van der Waals surface area (Å²) in [5.41, 5.74) is 0.287. The first-order valence-corrected chi connectivity index (χ1v) is 8.40. The van der Waals surface area contributed by atoms with Gasteiger partial charge in [0.25, 0.3) is 5.91 Å². The standard InChI is InChI=1S/C13H23N3O4S/c1-4-6-16-8-11(21(14,18)19)7-12(16)13(17)15-10(5-2)9-20-3/h7-8,10H,4-6,9H2,1-3H3,(H,15,17)(H2,14,18,19). The van der Waals surface area contributed by atoms with Gasteiger partial charge in [0, 0.05) is 19.9 Å². The molecule has 0 aromatic carbocycles. The number of ether oxygens (including phenoxy) is 1. The number of amides is 1. The lowest BCUT2D eigenvalue weighted by Gasteiger charge is -2.16. The Morgan fingerprint density at radius 2 is 2.14 bits per heavy atom. The highest BCUT2D eigenvalue weighted by molar-refractivity contribution is 7.89. The number of carbonyl (C=O) groups is 1. The third-order valence-corrected chi connectivity index (χ3v) is 3.97. The van der Waals surface area contributed by atoms with E-state index in [9.17, 15) is 13.2 Å². The Labute approximate surface area is 125 Å². The number of aryl methyl sites for hydroxylation is 1. The zero-order valence-electron chi connectivity index (χ0n) is 12.6. The first kappa shape index (κ1) is 17.7. The Hall–Kier alpha value is -1.38. The molecule has 0 aliphatic rings. The van der Waals surface area contributed by atoms with Crippen LogP contribution in [-0.4, -0.2) is 38.7 Å². The van der Waals surface area contributed by atoms with Gasteiger partial charge in [-0.2, -0.15) is 0 Å². The maximum absolute atomic E-state index is 12.3. The molecule has 1 unspecified atom stereocenters. The van der Waals surface area contributed by atoms with Crippen LogP contribution >= 0.6 is 0 Å². The number of hydrogen-bond acceptors (Lipinski definition) is 4. The van der Waals surface area contributed by atoms with Crippen molar-refractivity contribution in [2.24, 2.45) is 5.14 Å². The number of sulfonamides is 1. The normalized spacial score (nSPS) is 13.1. The first-order chi connectivity index (χ1) is 9.83. The van der Waals surface area contributed by atoms with Crippen LogP contribution in [-0.2, 0) is 21.3 Å². The van der Waals surface area contributed by atoms with Gasteiger partial charge in [0.1, 0.15) is 10.6 Å². The average molecular weight is 317 g/mol. The lowest BCUT2D eigenvalue weighted by molar-refractivity contribution is 0.0885. The molecule has 0 aliphatic carbocycles. The van der Waals surface area contributed by atoms with Crippen molar-refractivity contribution in [3.63, 3.8) is 0 Å². The number of nitrogens with two attached hydrogens (primary N) is 1. The van der Waals surface area contributed by atoms with Gasteiger partial charge in [-0.3, -0.25) is 4.79 Å². The van der Waals surface area contributed by atoms with Crippen molar-refractivity contribution in [2.45, 2.75) is 44.2 Å². The van der Waals surface area contributed by atoms with Gasteiger partial charge in [-0.05, 0) is 18.9 Å². The highest BCUT2D eigenvalue weighted by Gasteiger charge is 2.20. The fraction of sp³-hybridized carbons (Fsp3) is 0.615. The minimum atomic E-state index is -3.83. The van der Waals surface area contributed by atoms with E-state index in [0.717, 1.165) is 12.8 Å². The van der Waals surface area contributed by atoms with Crippen LogP contribution in [0.1, 0.15) is 37.2 Å². The van der Waals surface area contributed by atoms with E-state index in [4.69, 9.17) is 9.88 Å². The van der Waals surface area contributed by atoms with E-state index in [1.807, 2.05) is 13.8 Å². The van der Waals surface area contributed by atoms with E-state index in [1.165, 1.54) is 12.3 Å². The topological polar surface area (TPSA) is 103 Å². The van der Waals surface area contributed by atoms with E-state index < -0.39 is 10.0 Å². The molecule has 0 fully saturated rings. The molecular formula is C13H23N3O4S. The number of rotatable bonds is 8. The third kappa shape index (κ3) is 4.83. The predicted molar refractivity (Wildman–Crippen MR) is 79.5 cm³/mol. The van der Waals surface area contributed by atoms with Gasteiger partial charge in [0.15, 0.2) is 0 Å². The smallest absolute Gasteiger partial charge is 0.268 e. The third-order valence-electron chi connectivity index (χ3n) is 3.09. The summed E-state index contributed by atoms with van der Waals surface area (Å²) in [6.07, 6.45) is 2.88. The lowest BCUT2D eigenvalue weighted by Crippen LogP contribution is -2.38. The molecule has 0 spiro atoms. The number of primary sulfonamides is 1. The van der Waals surface area contributed by atoms with E-state index in [2.05, 4.69) is 5.32 Å². The van der Waals surface area contributed by atoms with Crippen LogP contribution in [0, 0.1) is 0 Å². The van der Waals surface area contributed by atoms with Crippen molar-refractivity contribution in [1.29, 1.82) is 0 Å². The van der Waals surface area contributed by atoms with Crippen LogP contribution in [0.4, 0.5) is 0 Å². The number of nitrogens with one attached hydrogen (secondary N) is 1. The number of carbonyl (C=O) groups excluding carboxylic acids is 1. The van der Waals surface area contributed by atoms with Gasteiger partial charge in [-0.25, -0.2) is 13.6 Å². The molecule has 1 aromatic heterocycles. The molecule has 7 nitrogen and oxygen atoms in total. The van der Waals surface area contributed by atoms with Crippen molar-refractivity contribution in [2.75, 3.05) is 13.7 Å². The van der Waals surface area contributed by atoms with Gasteiger partial charge in [0.2, 0.25) is 10.0 Å². The molecule has 1 amide bonds. The maximum Gasteiger partial charge on any atom is 0.268 e. The van der Waals surface area contributed by atoms with Gasteiger partial charge >= 0.3 is 0 Å². The van der Waals surface area contributed by atoms with E-state index >= 15 is 0 Å². The van der Waals surface area contributed by atoms with Crippen LogP contribution in [0.15, 0.2) is 17.2 Å².